The fraction of sp³-hybridized carbons (Fsp3) is 0.619. The maximum absolute atomic E-state index is 12.5. The van der Waals surface area contributed by atoms with Gasteiger partial charge in [0.25, 0.3) is 5.91 Å². The summed E-state index contributed by atoms with van der Waals surface area (Å²) in [6.07, 6.45) is 4.90. The molecule has 2 fully saturated rings. The van der Waals surface area contributed by atoms with Crippen molar-refractivity contribution in [2.45, 2.75) is 52.6 Å². The van der Waals surface area contributed by atoms with Crippen molar-refractivity contribution >= 4 is 11.8 Å². The minimum absolute atomic E-state index is 0.0243. The van der Waals surface area contributed by atoms with E-state index in [1.807, 2.05) is 18.7 Å². The van der Waals surface area contributed by atoms with Gasteiger partial charge in [0, 0.05) is 18.7 Å². The Balaban J connectivity index is 1.50. The molecule has 1 heterocycles. The minimum atomic E-state index is -0.224. The third-order valence-electron chi connectivity index (χ3n) is 5.97. The van der Waals surface area contributed by atoms with E-state index < -0.39 is 0 Å². The Morgan fingerprint density at radius 1 is 1.27 bits per heavy atom. The Hall–Kier alpha value is -2.04. The minimum Gasteiger partial charge on any atom is -0.491 e. The zero-order valence-corrected chi connectivity index (χ0v) is 16.1. The number of hydrogen-bond donors (Lipinski definition) is 1. The van der Waals surface area contributed by atoms with Gasteiger partial charge in [-0.1, -0.05) is 13.3 Å². The van der Waals surface area contributed by atoms with Gasteiger partial charge in [0.1, 0.15) is 5.75 Å². The summed E-state index contributed by atoms with van der Waals surface area (Å²) in [4.78, 5) is 26.8. The van der Waals surface area contributed by atoms with Crippen LogP contribution < -0.4 is 10.1 Å². The topological polar surface area (TPSA) is 58.6 Å². The number of nitrogens with one attached hydrogen (secondary N) is 1. The van der Waals surface area contributed by atoms with Crippen LogP contribution in [0.2, 0.25) is 0 Å². The van der Waals surface area contributed by atoms with E-state index in [1.165, 1.54) is 19.3 Å². The zero-order chi connectivity index (χ0) is 18.7. The number of nitrogens with zero attached hydrogens (tertiary/aromatic N) is 1. The van der Waals surface area contributed by atoms with Gasteiger partial charge in [-0.2, -0.15) is 0 Å². The number of carbonyl (C=O) groups excluding carboxylic acids is 2. The van der Waals surface area contributed by atoms with Crippen LogP contribution >= 0.6 is 0 Å². The number of amides is 2. The molecule has 1 saturated heterocycles. The lowest BCUT2D eigenvalue weighted by Crippen LogP contribution is -2.54. The highest BCUT2D eigenvalue weighted by Gasteiger charge is 2.46. The third kappa shape index (κ3) is 4.02. The van der Waals surface area contributed by atoms with Gasteiger partial charge in [0.2, 0.25) is 5.91 Å². The van der Waals surface area contributed by atoms with Crippen molar-refractivity contribution in [2.24, 2.45) is 11.3 Å². The lowest BCUT2D eigenvalue weighted by atomic mass is 9.59. The normalized spacial score (nSPS) is 21.4. The lowest BCUT2D eigenvalue weighted by molar-refractivity contribution is -0.138. The van der Waals surface area contributed by atoms with E-state index in [4.69, 9.17) is 4.74 Å². The molecule has 1 saturated carbocycles. The maximum atomic E-state index is 12.5. The van der Waals surface area contributed by atoms with Gasteiger partial charge in [-0.3, -0.25) is 9.59 Å². The maximum Gasteiger partial charge on any atom is 0.251 e. The van der Waals surface area contributed by atoms with Crippen LogP contribution in [0.4, 0.5) is 0 Å². The molecule has 5 heteroatoms. The predicted octanol–water partition coefficient (Wildman–Crippen LogP) is 3.24. The molecule has 142 valence electrons. The van der Waals surface area contributed by atoms with Gasteiger partial charge < -0.3 is 15.0 Å². The van der Waals surface area contributed by atoms with Crippen LogP contribution in [0.1, 0.15) is 56.8 Å². The Labute approximate surface area is 156 Å². The van der Waals surface area contributed by atoms with Crippen LogP contribution in [0.25, 0.3) is 0 Å². The first-order valence-corrected chi connectivity index (χ1v) is 9.72. The second-order valence-corrected chi connectivity index (χ2v) is 8.09. The average Bonchev–Trinajstić information content (AvgIpc) is 2.58. The standard InChI is InChI=1S/C21H30N2O3/c1-15(2)26-18-7-5-17(6-8-18)20(25)22-13-19(24)23-12-9-16(3)21(14-23)10-4-11-21/h5-8,15-16H,4,9-14H2,1-3H3,(H,22,25). The summed E-state index contributed by atoms with van der Waals surface area (Å²) in [5.74, 6) is 1.23. The highest BCUT2D eigenvalue weighted by atomic mass is 16.5. The highest BCUT2D eigenvalue weighted by Crippen LogP contribution is 2.50. The molecule has 2 amide bonds. The summed E-state index contributed by atoms with van der Waals surface area (Å²) >= 11 is 0. The SMILES string of the molecule is CC(C)Oc1ccc(C(=O)NCC(=O)N2CCC(C)C3(CCC3)C2)cc1. The highest BCUT2D eigenvalue weighted by molar-refractivity contribution is 5.96. The second-order valence-electron chi connectivity index (χ2n) is 8.09. The Bertz CT molecular complexity index is 650. The third-order valence-corrected chi connectivity index (χ3v) is 5.97. The van der Waals surface area contributed by atoms with Crippen molar-refractivity contribution in [3.63, 3.8) is 0 Å². The van der Waals surface area contributed by atoms with Gasteiger partial charge in [-0.25, -0.2) is 0 Å². The number of rotatable bonds is 5. The average molecular weight is 358 g/mol. The Morgan fingerprint density at radius 2 is 1.96 bits per heavy atom. The van der Waals surface area contributed by atoms with Gasteiger partial charge in [0.15, 0.2) is 0 Å². The van der Waals surface area contributed by atoms with E-state index in [2.05, 4.69) is 12.2 Å². The molecular weight excluding hydrogens is 328 g/mol. The number of hydrogen-bond acceptors (Lipinski definition) is 3. The fourth-order valence-corrected chi connectivity index (χ4v) is 4.09. The molecule has 1 atom stereocenters. The first-order valence-electron chi connectivity index (χ1n) is 9.72. The van der Waals surface area contributed by atoms with Gasteiger partial charge in [-0.15, -0.1) is 0 Å². The molecule has 1 spiro atoms. The molecule has 0 bridgehead atoms. The summed E-state index contributed by atoms with van der Waals surface area (Å²) in [6.45, 7) is 7.95. The van der Waals surface area contributed by atoms with Crippen molar-refractivity contribution < 1.29 is 14.3 Å². The van der Waals surface area contributed by atoms with Crippen molar-refractivity contribution in [1.29, 1.82) is 0 Å². The first kappa shape index (κ1) is 18.7. The van der Waals surface area contributed by atoms with E-state index in [0.29, 0.717) is 16.9 Å². The number of likely N-dealkylation sites (tertiary alicyclic amines) is 1. The Morgan fingerprint density at radius 3 is 2.54 bits per heavy atom. The summed E-state index contributed by atoms with van der Waals surface area (Å²) in [7, 11) is 0. The first-order chi connectivity index (χ1) is 12.4. The molecule has 26 heavy (non-hydrogen) atoms. The molecule has 1 N–H and O–H groups in total. The smallest absolute Gasteiger partial charge is 0.251 e. The van der Waals surface area contributed by atoms with Crippen molar-refractivity contribution in [1.82, 2.24) is 10.2 Å². The van der Waals surface area contributed by atoms with Crippen LogP contribution in [0.15, 0.2) is 24.3 Å². The van der Waals surface area contributed by atoms with Crippen LogP contribution in [0.5, 0.6) is 5.75 Å². The number of benzene rings is 1. The number of piperidine rings is 1. The lowest BCUT2D eigenvalue weighted by Gasteiger charge is -2.53. The van der Waals surface area contributed by atoms with Gasteiger partial charge >= 0.3 is 0 Å². The van der Waals surface area contributed by atoms with Crippen LogP contribution in [-0.2, 0) is 4.79 Å². The quantitative estimate of drug-likeness (QED) is 0.879. The fourth-order valence-electron chi connectivity index (χ4n) is 4.09. The van der Waals surface area contributed by atoms with Crippen molar-refractivity contribution in [3.8, 4) is 5.75 Å². The van der Waals surface area contributed by atoms with E-state index in [-0.39, 0.29) is 24.5 Å². The van der Waals surface area contributed by atoms with E-state index in [9.17, 15) is 9.59 Å². The Kier molecular flexibility index (Phi) is 5.54. The molecular formula is C21H30N2O3. The van der Waals surface area contributed by atoms with E-state index in [1.54, 1.807) is 24.3 Å². The monoisotopic (exact) mass is 358 g/mol. The largest absolute Gasteiger partial charge is 0.491 e. The molecule has 1 aliphatic heterocycles. The summed E-state index contributed by atoms with van der Waals surface area (Å²) in [5, 5.41) is 2.76. The predicted molar refractivity (Wildman–Crippen MR) is 101 cm³/mol. The summed E-state index contributed by atoms with van der Waals surface area (Å²) in [6, 6.07) is 7.01. The molecule has 3 rings (SSSR count). The molecule has 0 aromatic heterocycles. The molecule has 0 radical (unpaired) electrons. The zero-order valence-electron chi connectivity index (χ0n) is 16.1. The molecule has 2 aliphatic rings. The molecule has 1 unspecified atom stereocenters. The molecule has 1 aliphatic carbocycles. The number of ether oxygens (including phenoxy) is 1. The number of carbonyl (C=O) groups is 2. The molecule has 1 aromatic carbocycles. The molecule has 5 nitrogen and oxygen atoms in total. The van der Waals surface area contributed by atoms with E-state index in [0.717, 1.165) is 25.3 Å². The van der Waals surface area contributed by atoms with Crippen molar-refractivity contribution in [3.05, 3.63) is 29.8 Å². The summed E-state index contributed by atoms with van der Waals surface area (Å²) in [5.41, 5.74) is 0.876. The van der Waals surface area contributed by atoms with Gasteiger partial charge in [-0.05, 0) is 68.7 Å². The van der Waals surface area contributed by atoms with Crippen LogP contribution in [-0.4, -0.2) is 42.5 Å². The van der Waals surface area contributed by atoms with Crippen LogP contribution in [0, 0.1) is 11.3 Å². The van der Waals surface area contributed by atoms with Crippen LogP contribution in [0.3, 0.4) is 0 Å². The molecule has 1 aromatic rings. The van der Waals surface area contributed by atoms with Crippen molar-refractivity contribution in [2.75, 3.05) is 19.6 Å². The van der Waals surface area contributed by atoms with Gasteiger partial charge in [0.05, 0.1) is 12.6 Å². The van der Waals surface area contributed by atoms with E-state index >= 15 is 0 Å². The summed E-state index contributed by atoms with van der Waals surface area (Å²) < 4.78 is 5.58. The second kappa shape index (κ2) is 7.68.